The van der Waals surface area contributed by atoms with Crippen molar-refractivity contribution in [1.29, 1.82) is 0 Å². The molecular weight excluding hydrogens is 300 g/mol. The van der Waals surface area contributed by atoms with Crippen molar-refractivity contribution in [2.45, 2.75) is 6.61 Å². The number of aliphatic hydroxyl groups is 1. The van der Waals surface area contributed by atoms with Gasteiger partial charge in [0, 0.05) is 11.1 Å². The number of hydrogen-bond acceptors (Lipinski definition) is 5. The smallest absolute Gasteiger partial charge is 0.269 e. The molecule has 0 aromatic heterocycles. The second-order valence-electron chi connectivity index (χ2n) is 4.83. The predicted octanol–water partition coefficient (Wildman–Crippen LogP) is 0.982. The summed E-state index contributed by atoms with van der Waals surface area (Å²) in [6.07, 6.45) is 0. The molecule has 1 aliphatic heterocycles. The van der Waals surface area contributed by atoms with Crippen LogP contribution < -0.4 is 20.3 Å². The Hall–Kier alpha value is -3.06. The van der Waals surface area contributed by atoms with Gasteiger partial charge in [0.05, 0.1) is 6.61 Å². The van der Waals surface area contributed by atoms with E-state index in [0.29, 0.717) is 28.2 Å². The average Bonchev–Trinajstić information content (AvgIpc) is 3.07. The maximum absolute atomic E-state index is 12.0. The van der Waals surface area contributed by atoms with Crippen molar-refractivity contribution >= 4 is 11.8 Å². The molecule has 7 nitrogen and oxygen atoms in total. The van der Waals surface area contributed by atoms with Gasteiger partial charge >= 0.3 is 0 Å². The number of ether oxygens (including phenoxy) is 2. The summed E-state index contributed by atoms with van der Waals surface area (Å²) in [6, 6.07) is 11.1. The van der Waals surface area contributed by atoms with E-state index in [0.717, 1.165) is 0 Å². The van der Waals surface area contributed by atoms with Gasteiger partial charge in [-0.1, -0.05) is 12.1 Å². The molecule has 1 aliphatic rings. The number of carbonyl (C=O) groups excluding carboxylic acids is 2. The van der Waals surface area contributed by atoms with Gasteiger partial charge in [-0.25, -0.2) is 0 Å². The van der Waals surface area contributed by atoms with E-state index in [1.54, 1.807) is 42.5 Å². The Morgan fingerprint density at radius 3 is 2.22 bits per heavy atom. The topological polar surface area (TPSA) is 96.9 Å². The fourth-order valence-electron chi connectivity index (χ4n) is 2.06. The molecule has 0 bridgehead atoms. The highest BCUT2D eigenvalue weighted by Gasteiger charge is 2.16. The minimum atomic E-state index is -0.469. The molecule has 2 aromatic carbocycles. The van der Waals surface area contributed by atoms with Crippen molar-refractivity contribution in [2.75, 3.05) is 6.79 Å². The van der Waals surface area contributed by atoms with Crippen LogP contribution in [0.2, 0.25) is 0 Å². The van der Waals surface area contributed by atoms with Crippen LogP contribution in [0.3, 0.4) is 0 Å². The molecule has 0 saturated carbocycles. The number of amides is 2. The monoisotopic (exact) mass is 314 g/mol. The second kappa shape index (κ2) is 6.37. The predicted molar refractivity (Wildman–Crippen MR) is 79.9 cm³/mol. The number of fused-ring (bicyclic) bond motifs is 1. The van der Waals surface area contributed by atoms with Gasteiger partial charge in [-0.15, -0.1) is 0 Å². The first-order valence-corrected chi connectivity index (χ1v) is 6.87. The first-order chi connectivity index (χ1) is 11.2. The third-order valence-corrected chi connectivity index (χ3v) is 3.32. The first kappa shape index (κ1) is 14.9. The number of rotatable bonds is 3. The molecule has 3 rings (SSSR count). The van der Waals surface area contributed by atoms with Gasteiger partial charge in [0.2, 0.25) is 6.79 Å². The molecule has 0 radical (unpaired) electrons. The van der Waals surface area contributed by atoms with Crippen LogP contribution >= 0.6 is 0 Å². The lowest BCUT2D eigenvalue weighted by Gasteiger charge is -2.08. The largest absolute Gasteiger partial charge is 0.454 e. The number of carbonyl (C=O) groups is 2. The van der Waals surface area contributed by atoms with Crippen LogP contribution in [0.5, 0.6) is 11.5 Å². The maximum Gasteiger partial charge on any atom is 0.269 e. The zero-order valence-electron chi connectivity index (χ0n) is 12.0. The number of nitrogens with one attached hydrogen (secondary N) is 2. The Morgan fingerprint density at radius 1 is 0.913 bits per heavy atom. The Kier molecular flexibility index (Phi) is 4.11. The van der Waals surface area contributed by atoms with E-state index in [9.17, 15) is 9.59 Å². The Labute approximate surface area is 131 Å². The summed E-state index contributed by atoms with van der Waals surface area (Å²) in [7, 11) is 0. The normalized spacial score (nSPS) is 11.9. The molecule has 2 amide bonds. The molecule has 0 fully saturated rings. The van der Waals surface area contributed by atoms with Crippen LogP contribution in [0.4, 0.5) is 0 Å². The zero-order chi connectivity index (χ0) is 16.2. The molecule has 0 unspecified atom stereocenters. The highest BCUT2D eigenvalue weighted by molar-refractivity contribution is 5.99. The Balaban J connectivity index is 1.60. The molecule has 23 heavy (non-hydrogen) atoms. The van der Waals surface area contributed by atoms with E-state index < -0.39 is 11.8 Å². The zero-order valence-corrected chi connectivity index (χ0v) is 12.0. The molecule has 7 heteroatoms. The van der Waals surface area contributed by atoms with Gasteiger partial charge in [0.25, 0.3) is 11.8 Å². The minimum absolute atomic E-state index is 0.0945. The van der Waals surface area contributed by atoms with E-state index in [4.69, 9.17) is 14.6 Å². The molecular formula is C16H14N2O5. The van der Waals surface area contributed by atoms with Crippen LogP contribution in [0.15, 0.2) is 42.5 Å². The molecule has 118 valence electrons. The lowest BCUT2D eigenvalue weighted by molar-refractivity contribution is 0.0846. The van der Waals surface area contributed by atoms with Crippen molar-refractivity contribution < 1.29 is 24.2 Å². The molecule has 0 aliphatic carbocycles. The number of aliphatic hydroxyl groups excluding tert-OH is 1. The second-order valence-corrected chi connectivity index (χ2v) is 4.83. The van der Waals surface area contributed by atoms with Crippen LogP contribution in [-0.4, -0.2) is 23.7 Å². The summed E-state index contributed by atoms with van der Waals surface area (Å²) < 4.78 is 10.4. The number of hydrogen-bond donors (Lipinski definition) is 3. The molecule has 0 saturated heterocycles. The minimum Gasteiger partial charge on any atom is -0.454 e. The van der Waals surface area contributed by atoms with Crippen molar-refractivity contribution in [3.05, 3.63) is 59.2 Å². The third kappa shape index (κ3) is 3.24. The van der Waals surface area contributed by atoms with Crippen LogP contribution in [-0.2, 0) is 6.61 Å². The van der Waals surface area contributed by atoms with E-state index in [1.807, 2.05) is 0 Å². The molecule has 0 atom stereocenters. The number of benzene rings is 2. The highest BCUT2D eigenvalue weighted by atomic mass is 16.7. The summed E-state index contributed by atoms with van der Waals surface area (Å²) in [5.74, 6) is 0.144. The van der Waals surface area contributed by atoms with Crippen LogP contribution in [0.1, 0.15) is 26.3 Å². The molecule has 3 N–H and O–H groups in total. The van der Waals surface area contributed by atoms with Crippen molar-refractivity contribution in [2.24, 2.45) is 0 Å². The molecule has 2 aromatic rings. The quantitative estimate of drug-likeness (QED) is 0.734. The van der Waals surface area contributed by atoms with Gasteiger partial charge in [-0.3, -0.25) is 20.4 Å². The van der Waals surface area contributed by atoms with Gasteiger partial charge in [-0.05, 0) is 35.9 Å². The Bertz CT molecular complexity index is 743. The van der Waals surface area contributed by atoms with Crippen LogP contribution in [0, 0.1) is 0 Å². The fraction of sp³-hybridized carbons (Fsp3) is 0.125. The van der Waals surface area contributed by atoms with Crippen molar-refractivity contribution in [3.63, 3.8) is 0 Å². The van der Waals surface area contributed by atoms with Gasteiger partial charge < -0.3 is 14.6 Å². The summed E-state index contributed by atoms with van der Waals surface area (Å²) >= 11 is 0. The number of hydrazine groups is 1. The maximum atomic E-state index is 12.0. The summed E-state index contributed by atoms with van der Waals surface area (Å²) in [4.78, 5) is 24.0. The lowest BCUT2D eigenvalue weighted by atomic mass is 10.1. The van der Waals surface area contributed by atoms with Gasteiger partial charge in [0.15, 0.2) is 11.5 Å². The van der Waals surface area contributed by atoms with Crippen LogP contribution in [0.25, 0.3) is 0 Å². The fourth-order valence-corrected chi connectivity index (χ4v) is 2.06. The Morgan fingerprint density at radius 2 is 1.52 bits per heavy atom. The summed E-state index contributed by atoms with van der Waals surface area (Å²) in [6.45, 7) is 0.0315. The van der Waals surface area contributed by atoms with Crippen molar-refractivity contribution in [3.8, 4) is 11.5 Å². The lowest BCUT2D eigenvalue weighted by Crippen LogP contribution is -2.41. The van der Waals surface area contributed by atoms with Gasteiger partial charge in [-0.2, -0.15) is 0 Å². The molecule has 1 heterocycles. The first-order valence-electron chi connectivity index (χ1n) is 6.87. The standard InChI is InChI=1S/C16H14N2O5/c19-8-10-1-3-11(4-2-10)15(20)17-18-16(21)12-5-6-13-14(7-12)23-9-22-13/h1-7,19H,8-9H2,(H,17,20)(H,18,21). The highest BCUT2D eigenvalue weighted by Crippen LogP contribution is 2.32. The summed E-state index contributed by atoms with van der Waals surface area (Å²) in [5, 5.41) is 8.96. The summed E-state index contributed by atoms with van der Waals surface area (Å²) in [5.41, 5.74) is 6.07. The van der Waals surface area contributed by atoms with E-state index in [-0.39, 0.29) is 13.4 Å². The van der Waals surface area contributed by atoms with E-state index in [2.05, 4.69) is 10.9 Å². The average molecular weight is 314 g/mol. The SMILES string of the molecule is O=C(NNC(=O)c1ccc2c(c1)OCO2)c1ccc(CO)cc1. The third-order valence-electron chi connectivity index (χ3n) is 3.32. The van der Waals surface area contributed by atoms with E-state index in [1.165, 1.54) is 0 Å². The van der Waals surface area contributed by atoms with Crippen molar-refractivity contribution in [1.82, 2.24) is 10.9 Å². The molecule has 0 spiro atoms. The van der Waals surface area contributed by atoms with E-state index >= 15 is 0 Å². The van der Waals surface area contributed by atoms with Gasteiger partial charge in [0.1, 0.15) is 0 Å².